The lowest BCUT2D eigenvalue weighted by Gasteiger charge is -2.17. The van der Waals surface area contributed by atoms with Gasteiger partial charge in [0.05, 0.1) is 13.2 Å². The molecule has 2 atom stereocenters. The Labute approximate surface area is 143 Å². The first-order valence-corrected chi connectivity index (χ1v) is 8.06. The molecular formula is C20H24O4. The highest BCUT2D eigenvalue weighted by Crippen LogP contribution is 2.25. The van der Waals surface area contributed by atoms with Crippen molar-refractivity contribution < 1.29 is 19.0 Å². The van der Waals surface area contributed by atoms with Gasteiger partial charge in [-0.2, -0.15) is 0 Å². The van der Waals surface area contributed by atoms with Crippen LogP contribution in [-0.2, 0) is 4.74 Å². The van der Waals surface area contributed by atoms with Crippen LogP contribution in [-0.4, -0.2) is 32.7 Å². The van der Waals surface area contributed by atoms with Gasteiger partial charge in [0.15, 0.2) is 0 Å². The standard InChI is InChI=1S/C20H24O4/c1-15(18-7-5-4-6-8-18)13-23-19-9-17(12-21)10-20(11-19)24-16(2)14-22-3/h4-12,15-16H,13-14H2,1-3H3. The predicted molar refractivity (Wildman–Crippen MR) is 94.1 cm³/mol. The molecule has 2 aromatic rings. The molecule has 0 heterocycles. The van der Waals surface area contributed by atoms with Gasteiger partial charge in [0.1, 0.15) is 23.9 Å². The van der Waals surface area contributed by atoms with Crippen molar-refractivity contribution in [1.29, 1.82) is 0 Å². The van der Waals surface area contributed by atoms with E-state index in [-0.39, 0.29) is 12.0 Å². The van der Waals surface area contributed by atoms with E-state index >= 15 is 0 Å². The quantitative estimate of drug-likeness (QED) is 0.650. The molecule has 0 bridgehead atoms. The summed E-state index contributed by atoms with van der Waals surface area (Å²) in [7, 11) is 1.63. The lowest BCUT2D eigenvalue weighted by Crippen LogP contribution is -2.18. The Bertz CT molecular complexity index is 639. The van der Waals surface area contributed by atoms with E-state index in [0.29, 0.717) is 30.3 Å². The summed E-state index contributed by atoms with van der Waals surface area (Å²) < 4.78 is 16.7. The van der Waals surface area contributed by atoms with Crippen molar-refractivity contribution in [3.63, 3.8) is 0 Å². The summed E-state index contributed by atoms with van der Waals surface area (Å²) in [5.74, 6) is 1.48. The molecule has 0 N–H and O–H groups in total. The fraction of sp³-hybridized carbons (Fsp3) is 0.350. The Morgan fingerprint density at radius 3 is 2.38 bits per heavy atom. The molecule has 0 radical (unpaired) electrons. The Hall–Kier alpha value is -2.33. The van der Waals surface area contributed by atoms with Gasteiger partial charge in [-0.1, -0.05) is 37.3 Å². The fourth-order valence-electron chi connectivity index (χ4n) is 2.41. The molecule has 2 unspecified atom stereocenters. The highest BCUT2D eigenvalue weighted by atomic mass is 16.5. The van der Waals surface area contributed by atoms with Crippen molar-refractivity contribution in [2.45, 2.75) is 25.9 Å². The van der Waals surface area contributed by atoms with Crippen molar-refractivity contribution in [3.05, 3.63) is 59.7 Å². The maximum Gasteiger partial charge on any atom is 0.150 e. The molecule has 0 aliphatic rings. The Balaban J connectivity index is 2.04. The maximum absolute atomic E-state index is 11.1. The number of benzene rings is 2. The molecular weight excluding hydrogens is 304 g/mol. The van der Waals surface area contributed by atoms with Gasteiger partial charge >= 0.3 is 0 Å². The fourth-order valence-corrected chi connectivity index (χ4v) is 2.41. The van der Waals surface area contributed by atoms with Crippen LogP contribution in [0.2, 0.25) is 0 Å². The van der Waals surface area contributed by atoms with Crippen LogP contribution in [0.3, 0.4) is 0 Å². The summed E-state index contributed by atoms with van der Waals surface area (Å²) in [5, 5.41) is 0. The van der Waals surface area contributed by atoms with Crippen molar-refractivity contribution in [1.82, 2.24) is 0 Å². The molecule has 0 aliphatic carbocycles. The van der Waals surface area contributed by atoms with Gasteiger partial charge < -0.3 is 14.2 Å². The zero-order valence-corrected chi connectivity index (χ0v) is 14.4. The number of carbonyl (C=O) groups is 1. The van der Waals surface area contributed by atoms with E-state index in [4.69, 9.17) is 14.2 Å². The van der Waals surface area contributed by atoms with Gasteiger partial charge in [0, 0.05) is 24.7 Å². The van der Waals surface area contributed by atoms with Gasteiger partial charge in [0.2, 0.25) is 0 Å². The smallest absolute Gasteiger partial charge is 0.150 e. The first-order valence-electron chi connectivity index (χ1n) is 8.06. The van der Waals surface area contributed by atoms with Crippen LogP contribution in [0.25, 0.3) is 0 Å². The SMILES string of the molecule is COCC(C)Oc1cc(C=O)cc(OCC(C)c2ccccc2)c1. The minimum atomic E-state index is -0.104. The van der Waals surface area contributed by atoms with E-state index in [1.807, 2.05) is 25.1 Å². The van der Waals surface area contributed by atoms with Crippen LogP contribution in [0, 0.1) is 0 Å². The van der Waals surface area contributed by atoms with E-state index < -0.39 is 0 Å². The summed E-state index contributed by atoms with van der Waals surface area (Å²) >= 11 is 0. The van der Waals surface area contributed by atoms with Crippen LogP contribution in [0.1, 0.15) is 35.7 Å². The lowest BCUT2D eigenvalue weighted by molar-refractivity contribution is 0.0916. The van der Waals surface area contributed by atoms with Crippen LogP contribution in [0.5, 0.6) is 11.5 Å². The molecule has 0 saturated heterocycles. The Morgan fingerprint density at radius 1 is 1.00 bits per heavy atom. The van der Waals surface area contributed by atoms with E-state index in [2.05, 4.69) is 19.1 Å². The molecule has 2 aromatic carbocycles. The highest BCUT2D eigenvalue weighted by Gasteiger charge is 2.10. The summed E-state index contributed by atoms with van der Waals surface area (Å²) in [6, 6.07) is 15.4. The zero-order chi connectivity index (χ0) is 17.4. The Kier molecular flexibility index (Phi) is 6.82. The number of ether oxygens (including phenoxy) is 3. The largest absolute Gasteiger partial charge is 0.493 e. The van der Waals surface area contributed by atoms with Gasteiger partial charge in [-0.3, -0.25) is 4.79 Å². The molecule has 2 rings (SSSR count). The third-order valence-electron chi connectivity index (χ3n) is 3.65. The number of hydrogen-bond donors (Lipinski definition) is 0. The molecule has 0 aliphatic heterocycles. The normalized spacial score (nSPS) is 13.1. The van der Waals surface area contributed by atoms with E-state index in [1.54, 1.807) is 25.3 Å². The van der Waals surface area contributed by atoms with Gasteiger partial charge in [0.25, 0.3) is 0 Å². The zero-order valence-electron chi connectivity index (χ0n) is 14.4. The van der Waals surface area contributed by atoms with Gasteiger partial charge in [-0.15, -0.1) is 0 Å². The number of aldehydes is 1. The topological polar surface area (TPSA) is 44.8 Å². The lowest BCUT2D eigenvalue weighted by atomic mass is 10.0. The molecule has 4 heteroatoms. The average molecular weight is 328 g/mol. The minimum Gasteiger partial charge on any atom is -0.493 e. The van der Waals surface area contributed by atoms with Crippen LogP contribution >= 0.6 is 0 Å². The average Bonchev–Trinajstić information content (AvgIpc) is 2.60. The second-order valence-electron chi connectivity index (χ2n) is 5.86. The number of carbonyl (C=O) groups excluding carboxylic acids is 1. The third-order valence-corrected chi connectivity index (χ3v) is 3.65. The van der Waals surface area contributed by atoms with Crippen LogP contribution in [0.15, 0.2) is 48.5 Å². The summed E-state index contributed by atoms with van der Waals surface area (Å²) in [6.07, 6.45) is 0.689. The molecule has 24 heavy (non-hydrogen) atoms. The molecule has 0 aromatic heterocycles. The molecule has 0 saturated carbocycles. The van der Waals surface area contributed by atoms with Crippen molar-refractivity contribution >= 4 is 6.29 Å². The number of methoxy groups -OCH3 is 1. The molecule has 0 amide bonds. The van der Waals surface area contributed by atoms with Gasteiger partial charge in [-0.25, -0.2) is 0 Å². The molecule has 0 fully saturated rings. The van der Waals surface area contributed by atoms with E-state index in [9.17, 15) is 4.79 Å². The monoisotopic (exact) mass is 328 g/mol. The molecule has 4 nitrogen and oxygen atoms in total. The van der Waals surface area contributed by atoms with Crippen molar-refractivity contribution in [2.24, 2.45) is 0 Å². The van der Waals surface area contributed by atoms with E-state index in [1.165, 1.54) is 5.56 Å². The summed E-state index contributed by atoms with van der Waals surface area (Å²) in [5.41, 5.74) is 1.74. The Morgan fingerprint density at radius 2 is 1.71 bits per heavy atom. The van der Waals surface area contributed by atoms with Crippen LogP contribution < -0.4 is 9.47 Å². The first kappa shape index (κ1) is 18.0. The number of hydrogen-bond acceptors (Lipinski definition) is 4. The van der Waals surface area contributed by atoms with Gasteiger partial charge in [-0.05, 0) is 24.6 Å². The highest BCUT2D eigenvalue weighted by molar-refractivity contribution is 5.76. The second-order valence-corrected chi connectivity index (χ2v) is 5.86. The predicted octanol–water partition coefficient (Wildman–Crippen LogP) is 4.10. The molecule has 128 valence electrons. The van der Waals surface area contributed by atoms with Crippen LogP contribution in [0.4, 0.5) is 0 Å². The summed E-state index contributed by atoms with van der Waals surface area (Å²) in [6.45, 7) is 5.03. The van der Waals surface area contributed by atoms with Crippen molar-refractivity contribution in [2.75, 3.05) is 20.3 Å². The summed E-state index contributed by atoms with van der Waals surface area (Å²) in [4.78, 5) is 11.1. The number of rotatable bonds is 9. The van der Waals surface area contributed by atoms with Crippen molar-refractivity contribution in [3.8, 4) is 11.5 Å². The van der Waals surface area contributed by atoms with E-state index in [0.717, 1.165) is 6.29 Å². The third kappa shape index (κ3) is 5.39. The molecule has 0 spiro atoms. The first-order chi connectivity index (χ1) is 11.6. The second kappa shape index (κ2) is 9.08. The maximum atomic E-state index is 11.1. The minimum absolute atomic E-state index is 0.104.